The fourth-order valence-corrected chi connectivity index (χ4v) is 2.99. The van der Waals surface area contributed by atoms with Crippen LogP contribution in [0.4, 0.5) is 5.69 Å². The summed E-state index contributed by atoms with van der Waals surface area (Å²) in [6, 6.07) is 14.3. The molecule has 6 nitrogen and oxygen atoms in total. The molecule has 2 aromatic carbocycles. The molecule has 136 valence electrons. The third-order valence-electron chi connectivity index (χ3n) is 4.43. The summed E-state index contributed by atoms with van der Waals surface area (Å²) in [4.78, 5) is 27.2. The highest BCUT2D eigenvalue weighted by atomic mass is 16.5. The van der Waals surface area contributed by atoms with E-state index in [1.54, 1.807) is 17.0 Å². The Morgan fingerprint density at radius 1 is 1.04 bits per heavy atom. The molecule has 0 spiro atoms. The molecule has 1 amide bonds. The van der Waals surface area contributed by atoms with Gasteiger partial charge in [0.15, 0.2) is 6.61 Å². The summed E-state index contributed by atoms with van der Waals surface area (Å²) in [5.41, 5.74) is 2.07. The molecule has 1 fully saturated rings. The van der Waals surface area contributed by atoms with Crippen LogP contribution in [-0.2, 0) is 4.79 Å². The summed E-state index contributed by atoms with van der Waals surface area (Å²) in [7, 11) is 0. The molecule has 1 saturated heterocycles. The van der Waals surface area contributed by atoms with Crippen LogP contribution in [0.5, 0.6) is 5.75 Å². The van der Waals surface area contributed by atoms with Gasteiger partial charge in [-0.3, -0.25) is 4.79 Å². The highest BCUT2D eigenvalue weighted by molar-refractivity contribution is 5.87. The first-order valence-electron chi connectivity index (χ1n) is 8.56. The highest BCUT2D eigenvalue weighted by Crippen LogP contribution is 2.18. The SMILES string of the molecule is Cc1cccc(OCC(=O)N2CCN(c3cccc(C(=O)[O-])c3)CC2)c1. The summed E-state index contributed by atoms with van der Waals surface area (Å²) in [5, 5.41) is 11.0. The van der Waals surface area contributed by atoms with Gasteiger partial charge in [0.25, 0.3) is 5.91 Å². The van der Waals surface area contributed by atoms with E-state index in [0.29, 0.717) is 31.9 Å². The van der Waals surface area contributed by atoms with Gasteiger partial charge in [0, 0.05) is 31.9 Å². The van der Waals surface area contributed by atoms with E-state index in [9.17, 15) is 14.7 Å². The van der Waals surface area contributed by atoms with Crippen molar-refractivity contribution in [3.8, 4) is 5.75 Å². The van der Waals surface area contributed by atoms with Crippen molar-refractivity contribution >= 4 is 17.6 Å². The Morgan fingerprint density at radius 2 is 1.77 bits per heavy atom. The summed E-state index contributed by atoms with van der Waals surface area (Å²) in [6.07, 6.45) is 0. The second-order valence-corrected chi connectivity index (χ2v) is 6.31. The molecule has 0 aliphatic carbocycles. The van der Waals surface area contributed by atoms with Crippen molar-refractivity contribution in [2.24, 2.45) is 0 Å². The van der Waals surface area contributed by atoms with E-state index in [2.05, 4.69) is 4.90 Å². The second-order valence-electron chi connectivity index (χ2n) is 6.31. The minimum atomic E-state index is -1.19. The summed E-state index contributed by atoms with van der Waals surface area (Å²) in [5.74, 6) is -0.542. The number of piperazine rings is 1. The Hall–Kier alpha value is -3.02. The maximum absolute atomic E-state index is 12.3. The summed E-state index contributed by atoms with van der Waals surface area (Å²) < 4.78 is 5.58. The molecular formula is C20H21N2O4-. The van der Waals surface area contributed by atoms with Gasteiger partial charge in [0.2, 0.25) is 0 Å². The van der Waals surface area contributed by atoms with E-state index in [4.69, 9.17) is 4.74 Å². The zero-order chi connectivity index (χ0) is 18.5. The Morgan fingerprint density at radius 3 is 2.46 bits per heavy atom. The van der Waals surface area contributed by atoms with Gasteiger partial charge >= 0.3 is 0 Å². The van der Waals surface area contributed by atoms with Crippen LogP contribution in [0.2, 0.25) is 0 Å². The van der Waals surface area contributed by atoms with Crippen molar-refractivity contribution in [2.45, 2.75) is 6.92 Å². The molecule has 0 atom stereocenters. The maximum atomic E-state index is 12.3. The maximum Gasteiger partial charge on any atom is 0.260 e. The number of carboxylic acids is 1. The van der Waals surface area contributed by atoms with E-state index in [1.165, 1.54) is 6.07 Å². The van der Waals surface area contributed by atoms with Gasteiger partial charge in [-0.25, -0.2) is 0 Å². The molecule has 0 N–H and O–H groups in total. The zero-order valence-corrected chi connectivity index (χ0v) is 14.7. The lowest BCUT2D eigenvalue weighted by molar-refractivity contribution is -0.255. The molecule has 3 rings (SSSR count). The lowest BCUT2D eigenvalue weighted by Gasteiger charge is -2.36. The van der Waals surface area contributed by atoms with E-state index in [-0.39, 0.29) is 18.1 Å². The molecule has 1 heterocycles. The van der Waals surface area contributed by atoms with Crippen LogP contribution in [0.15, 0.2) is 48.5 Å². The number of nitrogens with zero attached hydrogens (tertiary/aromatic N) is 2. The number of anilines is 1. The minimum absolute atomic E-state index is 0.0175. The average molecular weight is 353 g/mol. The molecule has 26 heavy (non-hydrogen) atoms. The Labute approximate surface area is 152 Å². The van der Waals surface area contributed by atoms with Crippen LogP contribution in [0.3, 0.4) is 0 Å². The van der Waals surface area contributed by atoms with Gasteiger partial charge in [-0.05, 0) is 42.3 Å². The standard InChI is InChI=1S/C20H22N2O4/c1-15-4-2-7-18(12-15)26-14-19(23)22-10-8-21(9-11-22)17-6-3-5-16(13-17)20(24)25/h2-7,12-13H,8-11,14H2,1H3,(H,24,25)/p-1. The van der Waals surface area contributed by atoms with Gasteiger partial charge in [-0.1, -0.05) is 24.3 Å². The number of ether oxygens (including phenoxy) is 1. The quantitative estimate of drug-likeness (QED) is 0.804. The number of rotatable bonds is 5. The number of aromatic carboxylic acids is 1. The fourth-order valence-electron chi connectivity index (χ4n) is 2.99. The molecular weight excluding hydrogens is 332 g/mol. The van der Waals surface area contributed by atoms with Gasteiger partial charge in [0.05, 0.1) is 5.97 Å². The molecule has 6 heteroatoms. The monoisotopic (exact) mass is 353 g/mol. The van der Waals surface area contributed by atoms with Crippen LogP contribution in [0, 0.1) is 6.92 Å². The van der Waals surface area contributed by atoms with Crippen LogP contribution in [0.1, 0.15) is 15.9 Å². The van der Waals surface area contributed by atoms with Gasteiger partial charge in [-0.15, -0.1) is 0 Å². The average Bonchev–Trinajstić information content (AvgIpc) is 2.66. The number of carbonyl (C=O) groups excluding carboxylic acids is 2. The van der Waals surface area contributed by atoms with E-state index < -0.39 is 5.97 Å². The first kappa shape index (κ1) is 17.8. The third kappa shape index (κ3) is 4.33. The smallest absolute Gasteiger partial charge is 0.260 e. The van der Waals surface area contributed by atoms with Crippen LogP contribution < -0.4 is 14.7 Å². The molecule has 0 bridgehead atoms. The zero-order valence-electron chi connectivity index (χ0n) is 14.7. The highest BCUT2D eigenvalue weighted by Gasteiger charge is 2.21. The second kappa shape index (κ2) is 7.91. The number of aryl methyl sites for hydroxylation is 1. The molecule has 1 aliphatic heterocycles. The van der Waals surface area contributed by atoms with Gasteiger partial charge in [0.1, 0.15) is 5.75 Å². The predicted molar refractivity (Wildman–Crippen MR) is 96.2 cm³/mol. The Balaban J connectivity index is 1.52. The number of hydrogen-bond donors (Lipinski definition) is 0. The molecule has 2 aromatic rings. The van der Waals surface area contributed by atoms with Crippen molar-refractivity contribution in [2.75, 3.05) is 37.7 Å². The van der Waals surface area contributed by atoms with Gasteiger partial charge in [-0.2, -0.15) is 0 Å². The van der Waals surface area contributed by atoms with E-state index in [0.717, 1.165) is 11.3 Å². The number of hydrogen-bond acceptors (Lipinski definition) is 5. The third-order valence-corrected chi connectivity index (χ3v) is 4.43. The summed E-state index contributed by atoms with van der Waals surface area (Å²) in [6.45, 7) is 4.43. The van der Waals surface area contributed by atoms with Crippen molar-refractivity contribution in [1.29, 1.82) is 0 Å². The van der Waals surface area contributed by atoms with Crippen LogP contribution in [-0.4, -0.2) is 49.6 Å². The number of amides is 1. The molecule has 0 saturated carbocycles. The first-order valence-corrected chi connectivity index (χ1v) is 8.56. The van der Waals surface area contributed by atoms with E-state index in [1.807, 2.05) is 37.3 Å². The largest absolute Gasteiger partial charge is 0.545 e. The molecule has 0 unspecified atom stereocenters. The van der Waals surface area contributed by atoms with Crippen molar-refractivity contribution in [3.05, 3.63) is 59.7 Å². The van der Waals surface area contributed by atoms with Gasteiger partial charge < -0.3 is 24.4 Å². The lowest BCUT2D eigenvalue weighted by atomic mass is 10.1. The Kier molecular flexibility index (Phi) is 5.41. The lowest BCUT2D eigenvalue weighted by Crippen LogP contribution is -2.50. The summed E-state index contributed by atoms with van der Waals surface area (Å²) >= 11 is 0. The minimum Gasteiger partial charge on any atom is -0.545 e. The van der Waals surface area contributed by atoms with Crippen molar-refractivity contribution in [1.82, 2.24) is 4.90 Å². The van der Waals surface area contributed by atoms with Crippen LogP contribution >= 0.6 is 0 Å². The number of carboxylic acid groups (broad SMARTS) is 1. The molecule has 1 aliphatic rings. The number of benzene rings is 2. The Bertz CT molecular complexity index is 798. The van der Waals surface area contributed by atoms with Crippen molar-refractivity contribution in [3.63, 3.8) is 0 Å². The van der Waals surface area contributed by atoms with Crippen molar-refractivity contribution < 1.29 is 19.4 Å². The first-order chi connectivity index (χ1) is 12.5. The topological polar surface area (TPSA) is 72.9 Å². The number of carbonyl (C=O) groups is 2. The fraction of sp³-hybridized carbons (Fsp3) is 0.300. The van der Waals surface area contributed by atoms with Crippen LogP contribution in [0.25, 0.3) is 0 Å². The predicted octanol–water partition coefficient (Wildman–Crippen LogP) is 1.09. The molecule has 0 radical (unpaired) electrons. The van der Waals surface area contributed by atoms with E-state index >= 15 is 0 Å². The molecule has 0 aromatic heterocycles. The normalized spacial score (nSPS) is 14.2.